The van der Waals surface area contributed by atoms with Crippen LogP contribution in [0.5, 0.6) is 0 Å². The smallest absolute Gasteiger partial charge is 0.239 e. The van der Waals surface area contributed by atoms with Crippen LogP contribution in [0.4, 0.5) is 0 Å². The molecule has 0 saturated carbocycles. The fraction of sp³-hybridized carbons (Fsp3) is 0.714. The van der Waals surface area contributed by atoms with Gasteiger partial charge in [0.15, 0.2) is 0 Å². The van der Waals surface area contributed by atoms with E-state index >= 15 is 0 Å². The van der Waals surface area contributed by atoms with E-state index in [0.717, 1.165) is 6.54 Å². The van der Waals surface area contributed by atoms with Crippen LogP contribution < -0.4 is 10.6 Å². The van der Waals surface area contributed by atoms with Gasteiger partial charge in [-0.1, -0.05) is 0 Å². The van der Waals surface area contributed by atoms with Crippen molar-refractivity contribution in [3.8, 4) is 0 Å². The van der Waals surface area contributed by atoms with E-state index in [0.29, 0.717) is 0 Å². The van der Waals surface area contributed by atoms with E-state index in [1.54, 1.807) is 0 Å². The van der Waals surface area contributed by atoms with Crippen molar-refractivity contribution in [2.75, 3.05) is 27.2 Å². The monoisotopic (exact) mass is 171 g/mol. The molecule has 2 atom stereocenters. The molecule has 2 N–H and O–H groups in total. The Kier molecular flexibility index (Phi) is 2.65. The predicted octanol–water partition coefficient (Wildman–Crippen LogP) is -1.84. The Labute approximate surface area is 71.1 Å². The van der Waals surface area contributed by atoms with Crippen LogP contribution in [0.3, 0.4) is 0 Å². The topological polar surface area (TPSA) is 61.2 Å². The number of hydrogen-bond acceptors (Lipinski definition) is 3. The number of amides is 2. The molecule has 0 radical (unpaired) electrons. The highest BCUT2D eigenvalue weighted by atomic mass is 16.2. The van der Waals surface area contributed by atoms with Crippen LogP contribution in [-0.4, -0.2) is 49.9 Å². The van der Waals surface area contributed by atoms with Crippen LogP contribution in [0.25, 0.3) is 0 Å². The number of likely N-dealkylation sites (N-methyl/N-ethyl adjacent to an activating group) is 2. The van der Waals surface area contributed by atoms with Crippen molar-refractivity contribution < 1.29 is 9.59 Å². The number of nitrogens with one attached hydrogen (secondary N) is 2. The number of nitrogens with zero attached hydrogens (tertiary/aromatic N) is 1. The minimum absolute atomic E-state index is 0.0188. The van der Waals surface area contributed by atoms with E-state index in [1.165, 1.54) is 7.05 Å². The second-order valence-electron chi connectivity index (χ2n) is 2.85. The zero-order valence-electron chi connectivity index (χ0n) is 7.26. The van der Waals surface area contributed by atoms with Gasteiger partial charge in [0, 0.05) is 13.6 Å². The molecule has 1 rings (SSSR count). The molecule has 1 fully saturated rings. The maximum atomic E-state index is 11.1. The third kappa shape index (κ3) is 2.20. The summed E-state index contributed by atoms with van der Waals surface area (Å²) in [7, 11) is 3.40. The first-order chi connectivity index (χ1) is 5.65. The van der Waals surface area contributed by atoms with Gasteiger partial charge < -0.3 is 10.6 Å². The van der Waals surface area contributed by atoms with Crippen LogP contribution in [-0.2, 0) is 9.59 Å². The molecule has 1 aliphatic rings. The highest BCUT2D eigenvalue weighted by Gasteiger charge is 2.36. The summed E-state index contributed by atoms with van der Waals surface area (Å²) in [5, 5.41) is 4.96. The highest BCUT2D eigenvalue weighted by molar-refractivity contribution is 5.88. The van der Waals surface area contributed by atoms with Gasteiger partial charge in [0.05, 0.1) is 6.54 Å². The Balaban J connectivity index is 2.15. The Morgan fingerprint density at radius 1 is 1.58 bits per heavy atom. The molecule has 0 aromatic carbocycles. The maximum absolute atomic E-state index is 11.1. The minimum atomic E-state index is -0.174. The molecule has 0 bridgehead atoms. The van der Waals surface area contributed by atoms with Crippen LogP contribution in [0, 0.1) is 0 Å². The third-order valence-electron chi connectivity index (χ3n) is 1.86. The number of hydrogen-bond donors (Lipinski definition) is 2. The second-order valence-corrected chi connectivity index (χ2v) is 2.85. The normalized spacial score (nSPS) is 26.2. The lowest BCUT2D eigenvalue weighted by Gasteiger charge is -2.02. The molecule has 12 heavy (non-hydrogen) atoms. The summed E-state index contributed by atoms with van der Waals surface area (Å²) in [6.07, 6.45) is 0. The van der Waals surface area contributed by atoms with Crippen molar-refractivity contribution in [2.45, 2.75) is 6.04 Å². The number of carbonyl (C=O) groups is 2. The molecule has 5 heteroatoms. The summed E-state index contributed by atoms with van der Waals surface area (Å²) >= 11 is 0. The molecule has 0 spiro atoms. The minimum Gasteiger partial charge on any atom is -0.358 e. The first-order valence-electron chi connectivity index (χ1n) is 3.83. The van der Waals surface area contributed by atoms with E-state index < -0.39 is 0 Å². The van der Waals surface area contributed by atoms with Gasteiger partial charge >= 0.3 is 0 Å². The Morgan fingerprint density at radius 3 is 2.58 bits per heavy atom. The van der Waals surface area contributed by atoms with Crippen LogP contribution in [0.2, 0.25) is 0 Å². The van der Waals surface area contributed by atoms with E-state index in [9.17, 15) is 9.59 Å². The Hall–Kier alpha value is -1.10. The average Bonchev–Trinajstić information content (AvgIpc) is 2.77. The molecule has 68 valence electrons. The fourth-order valence-electron chi connectivity index (χ4n) is 0.882. The van der Waals surface area contributed by atoms with E-state index in [2.05, 4.69) is 10.6 Å². The van der Waals surface area contributed by atoms with Gasteiger partial charge in [-0.3, -0.25) is 14.5 Å². The zero-order valence-corrected chi connectivity index (χ0v) is 7.26. The van der Waals surface area contributed by atoms with Gasteiger partial charge in [0.1, 0.15) is 6.04 Å². The number of rotatable bonds is 3. The summed E-state index contributed by atoms with van der Waals surface area (Å²) in [4.78, 5) is 23.7. The third-order valence-corrected chi connectivity index (χ3v) is 1.86. The largest absolute Gasteiger partial charge is 0.358 e. The maximum Gasteiger partial charge on any atom is 0.239 e. The lowest BCUT2D eigenvalue weighted by molar-refractivity contribution is -0.125. The van der Waals surface area contributed by atoms with Crippen molar-refractivity contribution in [1.82, 2.24) is 15.5 Å². The zero-order chi connectivity index (χ0) is 9.14. The lowest BCUT2D eigenvalue weighted by Crippen LogP contribution is -2.38. The van der Waals surface area contributed by atoms with Crippen LogP contribution >= 0.6 is 0 Å². The summed E-state index contributed by atoms with van der Waals surface area (Å²) < 4.78 is 0. The van der Waals surface area contributed by atoms with Gasteiger partial charge in [-0.15, -0.1) is 0 Å². The SMILES string of the molecule is CNC(=O)CNC(=O)C1CN1C. The molecule has 2 unspecified atom stereocenters. The quantitative estimate of drug-likeness (QED) is 0.491. The fourth-order valence-corrected chi connectivity index (χ4v) is 0.882. The summed E-state index contributed by atoms with van der Waals surface area (Å²) in [6, 6.07) is -0.0188. The predicted molar refractivity (Wildman–Crippen MR) is 43.5 cm³/mol. The van der Waals surface area contributed by atoms with Crippen molar-refractivity contribution in [1.29, 1.82) is 0 Å². The molecule has 2 amide bonds. The van der Waals surface area contributed by atoms with Gasteiger partial charge in [-0.05, 0) is 7.05 Å². The van der Waals surface area contributed by atoms with Crippen molar-refractivity contribution in [3.05, 3.63) is 0 Å². The molecule has 1 saturated heterocycles. The summed E-state index contributed by atoms with van der Waals surface area (Å²) in [5.74, 6) is -0.243. The average molecular weight is 171 g/mol. The van der Waals surface area contributed by atoms with Crippen molar-refractivity contribution in [2.24, 2.45) is 0 Å². The van der Waals surface area contributed by atoms with E-state index in [-0.39, 0.29) is 24.4 Å². The van der Waals surface area contributed by atoms with Crippen LogP contribution in [0.15, 0.2) is 0 Å². The van der Waals surface area contributed by atoms with Gasteiger partial charge in [-0.25, -0.2) is 0 Å². The highest BCUT2D eigenvalue weighted by Crippen LogP contribution is 2.12. The van der Waals surface area contributed by atoms with Gasteiger partial charge in [0.2, 0.25) is 11.8 Å². The van der Waals surface area contributed by atoms with Gasteiger partial charge in [0.25, 0.3) is 0 Å². The van der Waals surface area contributed by atoms with Crippen molar-refractivity contribution >= 4 is 11.8 Å². The molecule has 0 aromatic rings. The van der Waals surface area contributed by atoms with Crippen molar-refractivity contribution in [3.63, 3.8) is 0 Å². The first kappa shape index (κ1) is 8.99. The first-order valence-corrected chi connectivity index (χ1v) is 3.83. The molecule has 1 heterocycles. The Bertz CT molecular complexity index is 205. The van der Waals surface area contributed by atoms with E-state index in [4.69, 9.17) is 0 Å². The Morgan fingerprint density at radius 2 is 2.17 bits per heavy atom. The van der Waals surface area contributed by atoms with E-state index in [1.807, 2.05) is 11.9 Å². The molecule has 0 aromatic heterocycles. The lowest BCUT2D eigenvalue weighted by atomic mass is 10.4. The molecular weight excluding hydrogens is 158 g/mol. The second kappa shape index (κ2) is 3.53. The molecule has 1 aliphatic heterocycles. The van der Waals surface area contributed by atoms with Gasteiger partial charge in [-0.2, -0.15) is 0 Å². The standard InChI is InChI=1S/C7H13N3O2/c1-8-6(11)3-9-7(12)5-4-10(5)2/h5H,3-4H2,1-2H3,(H,8,11)(H,9,12). The number of carbonyl (C=O) groups excluding carboxylic acids is 2. The summed E-state index contributed by atoms with van der Waals surface area (Å²) in [5.41, 5.74) is 0. The molecule has 5 nitrogen and oxygen atoms in total. The molecular formula is C7H13N3O2. The summed E-state index contributed by atoms with van der Waals surface area (Å²) in [6.45, 7) is 0.860. The molecule has 0 aliphatic carbocycles. The van der Waals surface area contributed by atoms with Crippen LogP contribution in [0.1, 0.15) is 0 Å².